The normalized spacial score (nSPS) is 9.27. The van der Waals surface area contributed by atoms with Crippen LogP contribution in [0.3, 0.4) is 0 Å². The van der Waals surface area contributed by atoms with E-state index in [-0.39, 0.29) is 11.8 Å². The van der Waals surface area contributed by atoms with Gasteiger partial charge in [-0.05, 0) is 0 Å². The second-order valence-corrected chi connectivity index (χ2v) is 1.75. The van der Waals surface area contributed by atoms with Gasteiger partial charge in [0.15, 0.2) is 0 Å². The average Bonchev–Trinajstić information content (AvgIpc) is 2.05. The van der Waals surface area contributed by atoms with Gasteiger partial charge in [-0.2, -0.15) is 4.98 Å². The Labute approximate surface area is 63.6 Å². The van der Waals surface area contributed by atoms with Crippen molar-refractivity contribution in [2.24, 2.45) is 0 Å². The van der Waals surface area contributed by atoms with E-state index in [1.165, 1.54) is 20.4 Å². The van der Waals surface area contributed by atoms with Gasteiger partial charge in [-0.1, -0.05) is 0 Å². The topological polar surface area (TPSA) is 64.5 Å². The lowest BCUT2D eigenvalue weighted by Crippen LogP contribution is -1.93. The highest BCUT2D eigenvalue weighted by atomic mass is 16.5. The fourth-order valence-electron chi connectivity index (χ4n) is 0.586. The zero-order valence-electron chi connectivity index (χ0n) is 6.24. The molecule has 0 aliphatic carbocycles. The molecule has 5 heteroatoms. The van der Waals surface area contributed by atoms with Crippen molar-refractivity contribution in [3.05, 3.63) is 6.20 Å². The third-order valence-electron chi connectivity index (χ3n) is 1.10. The summed E-state index contributed by atoms with van der Waals surface area (Å²) in [7, 11) is 2.85. The number of hydrogen-bond donors (Lipinski definition) is 1. The Morgan fingerprint density at radius 2 is 2.09 bits per heavy atom. The van der Waals surface area contributed by atoms with E-state index in [9.17, 15) is 0 Å². The molecule has 0 radical (unpaired) electrons. The summed E-state index contributed by atoms with van der Waals surface area (Å²) in [5, 5.41) is 8.98. The summed E-state index contributed by atoms with van der Waals surface area (Å²) < 4.78 is 9.43. The molecule has 60 valence electrons. The van der Waals surface area contributed by atoms with Crippen LogP contribution in [0, 0.1) is 0 Å². The van der Waals surface area contributed by atoms with Crippen molar-refractivity contribution in [2.75, 3.05) is 14.2 Å². The monoisotopic (exact) mass is 156 g/mol. The fourth-order valence-corrected chi connectivity index (χ4v) is 0.586. The van der Waals surface area contributed by atoms with Gasteiger partial charge in [0.05, 0.1) is 20.4 Å². The second kappa shape index (κ2) is 3.05. The van der Waals surface area contributed by atoms with Gasteiger partial charge < -0.3 is 14.6 Å². The van der Waals surface area contributed by atoms with Crippen molar-refractivity contribution >= 4 is 0 Å². The van der Waals surface area contributed by atoms with E-state index < -0.39 is 0 Å². The van der Waals surface area contributed by atoms with E-state index >= 15 is 0 Å². The average molecular weight is 156 g/mol. The van der Waals surface area contributed by atoms with Gasteiger partial charge in [-0.15, -0.1) is 0 Å². The molecule has 0 aliphatic heterocycles. The molecule has 11 heavy (non-hydrogen) atoms. The van der Waals surface area contributed by atoms with E-state index in [1.54, 1.807) is 0 Å². The smallest absolute Gasteiger partial charge is 0.280 e. The molecule has 1 aromatic rings. The van der Waals surface area contributed by atoms with Crippen LogP contribution < -0.4 is 9.47 Å². The molecule has 0 unspecified atom stereocenters. The van der Waals surface area contributed by atoms with Crippen LogP contribution in [-0.2, 0) is 0 Å². The Morgan fingerprint density at radius 3 is 2.64 bits per heavy atom. The van der Waals surface area contributed by atoms with Gasteiger partial charge in [0.25, 0.3) is 11.8 Å². The number of methoxy groups -OCH3 is 2. The van der Waals surface area contributed by atoms with Gasteiger partial charge in [0.2, 0.25) is 5.88 Å². The number of rotatable bonds is 2. The van der Waals surface area contributed by atoms with E-state index in [0.29, 0.717) is 5.88 Å². The lowest BCUT2D eigenvalue weighted by atomic mass is 10.6. The SMILES string of the molecule is COc1cnc(O)c(OC)n1. The van der Waals surface area contributed by atoms with Crippen molar-refractivity contribution in [3.63, 3.8) is 0 Å². The highest BCUT2D eigenvalue weighted by Gasteiger charge is 2.04. The summed E-state index contributed by atoms with van der Waals surface area (Å²) in [6.45, 7) is 0. The molecule has 0 fully saturated rings. The van der Waals surface area contributed by atoms with Crippen LogP contribution in [0.15, 0.2) is 6.20 Å². The molecule has 1 N–H and O–H groups in total. The van der Waals surface area contributed by atoms with Crippen molar-refractivity contribution < 1.29 is 14.6 Å². The zero-order chi connectivity index (χ0) is 8.27. The number of ether oxygens (including phenoxy) is 2. The third kappa shape index (κ3) is 1.49. The van der Waals surface area contributed by atoms with Gasteiger partial charge in [0, 0.05) is 0 Å². The van der Waals surface area contributed by atoms with Crippen LogP contribution in [0.4, 0.5) is 0 Å². The molecule has 0 bridgehead atoms. The standard InChI is InChI=1S/C6H8N2O3/c1-10-4-3-7-5(9)6(8-4)11-2/h3H,1-2H3,(H,7,9). The van der Waals surface area contributed by atoms with E-state index in [0.717, 1.165) is 0 Å². The molecule has 0 spiro atoms. The number of nitrogens with zero attached hydrogens (tertiary/aromatic N) is 2. The quantitative estimate of drug-likeness (QED) is 0.662. The molecule has 5 nitrogen and oxygen atoms in total. The van der Waals surface area contributed by atoms with Crippen molar-refractivity contribution in [1.29, 1.82) is 0 Å². The number of aromatic nitrogens is 2. The van der Waals surface area contributed by atoms with Crippen LogP contribution in [-0.4, -0.2) is 29.3 Å². The third-order valence-corrected chi connectivity index (χ3v) is 1.10. The summed E-state index contributed by atoms with van der Waals surface area (Å²) >= 11 is 0. The molecular weight excluding hydrogens is 148 g/mol. The Morgan fingerprint density at radius 1 is 1.36 bits per heavy atom. The minimum atomic E-state index is -0.242. The van der Waals surface area contributed by atoms with Gasteiger partial charge in [-0.25, -0.2) is 4.98 Å². The molecule has 0 saturated heterocycles. The maximum Gasteiger partial charge on any atom is 0.280 e. The molecule has 0 aromatic carbocycles. The molecule has 0 saturated carbocycles. The summed E-state index contributed by atoms with van der Waals surface area (Å²) in [5.41, 5.74) is 0. The highest BCUT2D eigenvalue weighted by molar-refractivity contribution is 5.26. The molecule has 1 rings (SSSR count). The first-order chi connectivity index (χ1) is 5.27. The molecule has 1 aromatic heterocycles. The predicted molar refractivity (Wildman–Crippen MR) is 36.8 cm³/mol. The Bertz CT molecular complexity index is 252. The van der Waals surface area contributed by atoms with Crippen LogP contribution >= 0.6 is 0 Å². The van der Waals surface area contributed by atoms with Crippen LogP contribution in [0.2, 0.25) is 0 Å². The minimum Gasteiger partial charge on any atom is -0.489 e. The van der Waals surface area contributed by atoms with Crippen molar-refractivity contribution in [2.45, 2.75) is 0 Å². The first-order valence-electron chi connectivity index (χ1n) is 2.92. The van der Waals surface area contributed by atoms with Crippen molar-refractivity contribution in [3.8, 4) is 17.6 Å². The maximum absolute atomic E-state index is 8.98. The van der Waals surface area contributed by atoms with Crippen LogP contribution in [0.25, 0.3) is 0 Å². The van der Waals surface area contributed by atoms with Gasteiger partial charge in [0.1, 0.15) is 0 Å². The summed E-state index contributed by atoms with van der Waals surface area (Å²) in [5.74, 6) is 0.123. The number of aromatic hydroxyl groups is 1. The van der Waals surface area contributed by atoms with Gasteiger partial charge in [-0.3, -0.25) is 0 Å². The number of hydrogen-bond acceptors (Lipinski definition) is 5. The van der Waals surface area contributed by atoms with E-state index in [2.05, 4.69) is 14.7 Å². The molecule has 0 amide bonds. The Balaban J connectivity index is 3.02. The highest BCUT2D eigenvalue weighted by Crippen LogP contribution is 2.21. The first kappa shape index (κ1) is 7.59. The lowest BCUT2D eigenvalue weighted by molar-refractivity contribution is 0.329. The zero-order valence-corrected chi connectivity index (χ0v) is 6.24. The summed E-state index contributed by atoms with van der Waals surface area (Å²) in [4.78, 5) is 7.32. The van der Waals surface area contributed by atoms with Gasteiger partial charge >= 0.3 is 0 Å². The minimum absolute atomic E-state index is 0.0596. The molecule has 0 aliphatic rings. The summed E-state index contributed by atoms with van der Waals surface area (Å²) in [6, 6.07) is 0. The largest absolute Gasteiger partial charge is 0.489 e. The fraction of sp³-hybridized carbons (Fsp3) is 0.333. The first-order valence-corrected chi connectivity index (χ1v) is 2.92. The maximum atomic E-state index is 8.98. The van der Waals surface area contributed by atoms with E-state index in [1.807, 2.05) is 0 Å². The Hall–Kier alpha value is -1.52. The molecule has 0 atom stereocenters. The van der Waals surface area contributed by atoms with Crippen LogP contribution in [0.5, 0.6) is 17.6 Å². The summed E-state index contributed by atoms with van der Waals surface area (Å²) in [6.07, 6.45) is 1.30. The molecular formula is C6H8N2O3. The second-order valence-electron chi connectivity index (χ2n) is 1.75. The van der Waals surface area contributed by atoms with Crippen LogP contribution in [0.1, 0.15) is 0 Å². The molecule has 1 heterocycles. The lowest BCUT2D eigenvalue weighted by Gasteiger charge is -2.01. The predicted octanol–water partition coefficient (Wildman–Crippen LogP) is 0.199. The Kier molecular flexibility index (Phi) is 2.10. The van der Waals surface area contributed by atoms with Crippen molar-refractivity contribution in [1.82, 2.24) is 9.97 Å². The van der Waals surface area contributed by atoms with E-state index in [4.69, 9.17) is 9.84 Å².